The first-order valence-electron chi connectivity index (χ1n) is 3.72. The van der Waals surface area contributed by atoms with Gasteiger partial charge in [0.15, 0.2) is 0 Å². The van der Waals surface area contributed by atoms with Crippen LogP contribution in [-0.4, -0.2) is 18.2 Å². The molecule has 1 aromatic heterocycles. The molecule has 1 aromatic rings. The SMILES string of the molecule is CCc1cc(NC)c(C=N)[nH]1. The molecule has 0 radical (unpaired) electrons. The standard InChI is InChI=1S/C8H13N3/c1-3-6-4-7(10-2)8(5-9)11-6/h4-5,9-11H,3H2,1-2H3. The van der Waals surface area contributed by atoms with E-state index in [4.69, 9.17) is 5.41 Å². The van der Waals surface area contributed by atoms with Crippen LogP contribution in [0.5, 0.6) is 0 Å². The normalized spacial score (nSPS) is 9.64. The Kier molecular flexibility index (Phi) is 2.31. The van der Waals surface area contributed by atoms with Crippen LogP contribution < -0.4 is 5.32 Å². The summed E-state index contributed by atoms with van der Waals surface area (Å²) in [5, 5.41) is 10.1. The fourth-order valence-corrected chi connectivity index (χ4v) is 1.04. The topological polar surface area (TPSA) is 51.7 Å². The number of hydrogen-bond acceptors (Lipinski definition) is 2. The Balaban J connectivity index is 3.01. The Bertz CT molecular complexity index is 250. The molecule has 0 unspecified atom stereocenters. The molecular weight excluding hydrogens is 138 g/mol. The van der Waals surface area contributed by atoms with Crippen LogP contribution in [0.2, 0.25) is 0 Å². The first-order valence-corrected chi connectivity index (χ1v) is 3.72. The molecule has 3 nitrogen and oxygen atoms in total. The first kappa shape index (κ1) is 7.85. The van der Waals surface area contributed by atoms with E-state index in [0.29, 0.717) is 0 Å². The number of aromatic nitrogens is 1. The van der Waals surface area contributed by atoms with Gasteiger partial charge >= 0.3 is 0 Å². The molecule has 0 saturated heterocycles. The summed E-state index contributed by atoms with van der Waals surface area (Å²) in [6.45, 7) is 2.08. The third kappa shape index (κ3) is 1.42. The van der Waals surface area contributed by atoms with E-state index < -0.39 is 0 Å². The van der Waals surface area contributed by atoms with Crippen molar-refractivity contribution in [2.75, 3.05) is 12.4 Å². The predicted octanol–water partition coefficient (Wildman–Crippen LogP) is 1.62. The Morgan fingerprint density at radius 2 is 2.45 bits per heavy atom. The van der Waals surface area contributed by atoms with Gasteiger partial charge in [-0.25, -0.2) is 0 Å². The van der Waals surface area contributed by atoms with Gasteiger partial charge in [-0.1, -0.05) is 6.92 Å². The minimum atomic E-state index is 0.851. The van der Waals surface area contributed by atoms with Crippen molar-refractivity contribution < 1.29 is 0 Å². The lowest BCUT2D eigenvalue weighted by molar-refractivity contribution is 1.06. The van der Waals surface area contributed by atoms with Gasteiger partial charge in [-0.05, 0) is 12.5 Å². The molecule has 1 heterocycles. The van der Waals surface area contributed by atoms with E-state index in [0.717, 1.165) is 23.5 Å². The Morgan fingerprint density at radius 1 is 1.73 bits per heavy atom. The molecule has 0 aliphatic carbocycles. The maximum absolute atomic E-state index is 7.08. The highest BCUT2D eigenvalue weighted by Crippen LogP contribution is 2.14. The van der Waals surface area contributed by atoms with Gasteiger partial charge in [-0.15, -0.1) is 0 Å². The quantitative estimate of drug-likeness (QED) is 0.565. The van der Waals surface area contributed by atoms with Gasteiger partial charge < -0.3 is 15.7 Å². The zero-order valence-corrected chi connectivity index (χ0v) is 6.86. The molecule has 0 atom stereocenters. The smallest absolute Gasteiger partial charge is 0.0796 e. The minimum Gasteiger partial charge on any atom is -0.386 e. The molecule has 0 aliphatic heterocycles. The van der Waals surface area contributed by atoms with Crippen molar-refractivity contribution >= 4 is 11.9 Å². The number of aromatic amines is 1. The molecule has 1 rings (SSSR count). The van der Waals surface area contributed by atoms with E-state index in [2.05, 4.69) is 17.2 Å². The van der Waals surface area contributed by atoms with Crippen molar-refractivity contribution in [1.29, 1.82) is 5.41 Å². The molecule has 0 aromatic carbocycles. The zero-order chi connectivity index (χ0) is 8.27. The molecule has 3 N–H and O–H groups in total. The van der Waals surface area contributed by atoms with Crippen molar-refractivity contribution in [2.45, 2.75) is 13.3 Å². The minimum absolute atomic E-state index is 0.851. The van der Waals surface area contributed by atoms with Gasteiger partial charge in [0.05, 0.1) is 11.4 Å². The van der Waals surface area contributed by atoms with Gasteiger partial charge in [-0.2, -0.15) is 0 Å². The molecule has 0 saturated carbocycles. The Morgan fingerprint density at radius 3 is 2.82 bits per heavy atom. The van der Waals surface area contributed by atoms with Crippen LogP contribution in [0.4, 0.5) is 5.69 Å². The van der Waals surface area contributed by atoms with Gasteiger partial charge in [-0.3, -0.25) is 0 Å². The monoisotopic (exact) mass is 151 g/mol. The second-order valence-electron chi connectivity index (χ2n) is 2.37. The highest BCUT2D eigenvalue weighted by Gasteiger charge is 2.01. The van der Waals surface area contributed by atoms with E-state index in [9.17, 15) is 0 Å². The molecule has 3 heteroatoms. The predicted molar refractivity (Wildman–Crippen MR) is 47.6 cm³/mol. The average Bonchev–Trinajstić information content (AvgIpc) is 2.46. The maximum atomic E-state index is 7.08. The third-order valence-corrected chi connectivity index (χ3v) is 1.70. The van der Waals surface area contributed by atoms with E-state index in [1.165, 1.54) is 6.21 Å². The van der Waals surface area contributed by atoms with Gasteiger partial charge in [0.25, 0.3) is 0 Å². The fourth-order valence-electron chi connectivity index (χ4n) is 1.04. The van der Waals surface area contributed by atoms with E-state index >= 15 is 0 Å². The second-order valence-corrected chi connectivity index (χ2v) is 2.37. The van der Waals surface area contributed by atoms with Crippen molar-refractivity contribution in [3.8, 4) is 0 Å². The number of aryl methyl sites for hydroxylation is 1. The number of hydrogen-bond donors (Lipinski definition) is 3. The first-order chi connectivity index (χ1) is 5.31. The number of rotatable bonds is 3. The molecule has 0 amide bonds. The molecule has 0 fully saturated rings. The highest BCUT2D eigenvalue weighted by atomic mass is 14.9. The van der Waals surface area contributed by atoms with Crippen LogP contribution in [-0.2, 0) is 6.42 Å². The third-order valence-electron chi connectivity index (χ3n) is 1.70. The van der Waals surface area contributed by atoms with E-state index in [1.54, 1.807) is 0 Å². The summed E-state index contributed by atoms with van der Waals surface area (Å²) < 4.78 is 0. The van der Waals surface area contributed by atoms with Crippen molar-refractivity contribution in [3.63, 3.8) is 0 Å². The maximum Gasteiger partial charge on any atom is 0.0796 e. The lowest BCUT2D eigenvalue weighted by Gasteiger charge is -1.93. The van der Waals surface area contributed by atoms with Gasteiger partial charge in [0.1, 0.15) is 0 Å². The molecule has 0 bridgehead atoms. The summed E-state index contributed by atoms with van der Waals surface area (Å²) in [6, 6.07) is 2.03. The van der Waals surface area contributed by atoms with E-state index in [-0.39, 0.29) is 0 Å². The van der Waals surface area contributed by atoms with Gasteiger partial charge in [0.2, 0.25) is 0 Å². The lowest BCUT2D eigenvalue weighted by atomic mass is 10.3. The summed E-state index contributed by atoms with van der Waals surface area (Å²) >= 11 is 0. The molecule has 0 aliphatic rings. The number of anilines is 1. The van der Waals surface area contributed by atoms with Crippen LogP contribution in [0, 0.1) is 5.41 Å². The molecule has 0 spiro atoms. The van der Waals surface area contributed by atoms with Crippen LogP contribution in [0.15, 0.2) is 6.07 Å². The molecular formula is C8H13N3. The second kappa shape index (κ2) is 3.23. The summed E-state index contributed by atoms with van der Waals surface area (Å²) in [4.78, 5) is 3.13. The summed E-state index contributed by atoms with van der Waals surface area (Å²) in [5.41, 5.74) is 3.01. The molecule has 60 valence electrons. The average molecular weight is 151 g/mol. The van der Waals surface area contributed by atoms with Crippen LogP contribution in [0.25, 0.3) is 0 Å². The zero-order valence-electron chi connectivity index (χ0n) is 6.86. The van der Waals surface area contributed by atoms with Crippen LogP contribution in [0.1, 0.15) is 18.3 Å². The Labute approximate surface area is 66.3 Å². The number of nitrogens with one attached hydrogen (secondary N) is 3. The van der Waals surface area contributed by atoms with Crippen LogP contribution >= 0.6 is 0 Å². The summed E-state index contributed by atoms with van der Waals surface area (Å²) in [7, 11) is 1.86. The number of H-pyrrole nitrogens is 1. The van der Waals surface area contributed by atoms with Crippen molar-refractivity contribution in [2.24, 2.45) is 0 Å². The lowest BCUT2D eigenvalue weighted by Crippen LogP contribution is -1.90. The largest absolute Gasteiger partial charge is 0.386 e. The van der Waals surface area contributed by atoms with Crippen LogP contribution in [0.3, 0.4) is 0 Å². The van der Waals surface area contributed by atoms with E-state index in [1.807, 2.05) is 13.1 Å². The Hall–Kier alpha value is -1.25. The summed E-state index contributed by atoms with van der Waals surface area (Å²) in [5.74, 6) is 0. The highest BCUT2D eigenvalue weighted by molar-refractivity contribution is 5.83. The van der Waals surface area contributed by atoms with Crippen molar-refractivity contribution in [3.05, 3.63) is 17.5 Å². The fraction of sp³-hybridized carbons (Fsp3) is 0.375. The summed E-state index contributed by atoms with van der Waals surface area (Å²) in [6.07, 6.45) is 2.30. The van der Waals surface area contributed by atoms with Gasteiger partial charge in [0, 0.05) is 19.0 Å². The van der Waals surface area contributed by atoms with Crippen molar-refractivity contribution in [1.82, 2.24) is 4.98 Å². The molecule has 11 heavy (non-hydrogen) atoms.